The number of aromatic nitrogens is 2. The fourth-order valence-corrected chi connectivity index (χ4v) is 4.81. The highest BCUT2D eigenvalue weighted by Gasteiger charge is 2.28. The summed E-state index contributed by atoms with van der Waals surface area (Å²) in [5, 5.41) is 6.44. The zero-order valence-electron chi connectivity index (χ0n) is 12.7. The summed E-state index contributed by atoms with van der Waals surface area (Å²) < 4.78 is 2.00. The summed E-state index contributed by atoms with van der Waals surface area (Å²) in [7, 11) is 0. The first-order chi connectivity index (χ1) is 10.8. The summed E-state index contributed by atoms with van der Waals surface area (Å²) in [6.45, 7) is 1.66. The van der Waals surface area contributed by atoms with Gasteiger partial charge in [-0.15, -0.1) is 11.3 Å². The molecule has 3 heterocycles. The molecule has 0 radical (unpaired) electrons. The van der Waals surface area contributed by atoms with Crippen molar-refractivity contribution in [3.8, 4) is 0 Å². The van der Waals surface area contributed by atoms with Crippen molar-refractivity contribution < 1.29 is 4.79 Å². The summed E-state index contributed by atoms with van der Waals surface area (Å²) in [4.78, 5) is 16.4. The first kappa shape index (κ1) is 14.0. The number of likely N-dealkylation sites (tertiary alicyclic amines) is 1. The first-order valence-corrected chi connectivity index (χ1v) is 9.08. The lowest BCUT2D eigenvalue weighted by molar-refractivity contribution is 0.0672. The van der Waals surface area contributed by atoms with Crippen LogP contribution >= 0.6 is 11.3 Å². The predicted molar refractivity (Wildman–Crippen MR) is 87.4 cm³/mol. The highest BCUT2D eigenvalue weighted by atomic mass is 32.1. The minimum absolute atomic E-state index is 0.233. The van der Waals surface area contributed by atoms with E-state index in [4.69, 9.17) is 0 Å². The molecule has 0 saturated carbocycles. The zero-order valence-corrected chi connectivity index (χ0v) is 13.5. The van der Waals surface area contributed by atoms with E-state index in [2.05, 4.69) is 10.5 Å². The van der Waals surface area contributed by atoms with Crippen LogP contribution in [0, 0.1) is 0 Å². The smallest absolute Gasteiger partial charge is 0.255 e. The second kappa shape index (κ2) is 5.88. The third kappa shape index (κ3) is 2.47. The average Bonchev–Trinajstić information content (AvgIpc) is 3.24. The number of thiophene rings is 1. The molecule has 2 aromatic heterocycles. The van der Waals surface area contributed by atoms with Crippen LogP contribution in [0.2, 0.25) is 0 Å². The largest absolute Gasteiger partial charge is 0.336 e. The van der Waals surface area contributed by atoms with Crippen LogP contribution in [0.1, 0.15) is 52.5 Å². The van der Waals surface area contributed by atoms with Gasteiger partial charge in [0.1, 0.15) is 0 Å². The molecule has 0 aromatic carbocycles. The van der Waals surface area contributed by atoms with Crippen LogP contribution in [0.3, 0.4) is 0 Å². The minimum atomic E-state index is 0.233. The van der Waals surface area contributed by atoms with Crippen LogP contribution in [0.4, 0.5) is 0 Å². The van der Waals surface area contributed by atoms with Crippen molar-refractivity contribution in [2.75, 3.05) is 13.1 Å². The third-order valence-electron chi connectivity index (χ3n) is 4.87. The molecular formula is C17H21N3OS. The van der Waals surface area contributed by atoms with Crippen LogP contribution in [0.15, 0.2) is 23.8 Å². The Morgan fingerprint density at radius 3 is 3.05 bits per heavy atom. The molecule has 1 aliphatic heterocycles. The molecule has 1 amide bonds. The number of piperidine rings is 1. The number of amides is 1. The fourth-order valence-electron chi connectivity index (χ4n) is 3.70. The molecule has 2 aromatic rings. The van der Waals surface area contributed by atoms with Gasteiger partial charge in [-0.1, -0.05) is 0 Å². The summed E-state index contributed by atoms with van der Waals surface area (Å²) in [5.74, 6) is 0.233. The Morgan fingerprint density at radius 1 is 1.27 bits per heavy atom. The Hall–Kier alpha value is -1.62. The highest BCUT2D eigenvalue weighted by molar-refractivity contribution is 7.10. The topological polar surface area (TPSA) is 38.1 Å². The van der Waals surface area contributed by atoms with E-state index < -0.39 is 0 Å². The number of carbonyl (C=O) groups excluding carboxylic acids is 1. The van der Waals surface area contributed by atoms with Crippen molar-refractivity contribution in [3.63, 3.8) is 0 Å². The molecule has 0 spiro atoms. The molecule has 0 unspecified atom stereocenters. The number of hydrogen-bond acceptors (Lipinski definition) is 3. The fraction of sp³-hybridized carbons (Fsp3) is 0.529. The van der Waals surface area contributed by atoms with Gasteiger partial charge >= 0.3 is 0 Å². The number of rotatable bonds is 2. The second-order valence-electron chi connectivity index (χ2n) is 6.29. The molecule has 2 aliphatic rings. The van der Waals surface area contributed by atoms with E-state index in [1.807, 2.05) is 28.0 Å². The zero-order chi connectivity index (χ0) is 14.9. The standard InChI is InChI=1S/C17H21N3OS/c21-17(15-12-22-16-7-2-1-6-14(15)16)19-9-3-5-13(11-19)20-10-4-8-18-20/h4,8,10,12-13H,1-3,5-7,9,11H2/t13-/m1/s1. The van der Waals surface area contributed by atoms with Crippen molar-refractivity contribution in [2.45, 2.75) is 44.6 Å². The Bertz CT molecular complexity index is 662. The second-order valence-corrected chi connectivity index (χ2v) is 7.26. The number of carbonyl (C=O) groups is 1. The molecule has 0 bridgehead atoms. The van der Waals surface area contributed by atoms with Crippen LogP contribution in [0.25, 0.3) is 0 Å². The van der Waals surface area contributed by atoms with Crippen molar-refractivity contribution in [3.05, 3.63) is 39.8 Å². The molecular weight excluding hydrogens is 294 g/mol. The summed E-state index contributed by atoms with van der Waals surface area (Å²) >= 11 is 1.78. The maximum Gasteiger partial charge on any atom is 0.255 e. The lowest BCUT2D eigenvalue weighted by Crippen LogP contribution is -2.41. The van der Waals surface area contributed by atoms with Crippen molar-refractivity contribution in [1.29, 1.82) is 0 Å². The Labute approximate surface area is 134 Å². The first-order valence-electron chi connectivity index (χ1n) is 8.20. The van der Waals surface area contributed by atoms with Gasteiger partial charge < -0.3 is 4.90 Å². The minimum Gasteiger partial charge on any atom is -0.336 e. The van der Waals surface area contributed by atoms with Gasteiger partial charge in [0, 0.05) is 35.7 Å². The number of hydrogen-bond donors (Lipinski definition) is 0. The lowest BCUT2D eigenvalue weighted by Gasteiger charge is -2.33. The highest BCUT2D eigenvalue weighted by Crippen LogP contribution is 2.32. The van der Waals surface area contributed by atoms with E-state index >= 15 is 0 Å². The molecule has 22 heavy (non-hydrogen) atoms. The van der Waals surface area contributed by atoms with Gasteiger partial charge in [0.2, 0.25) is 0 Å². The van der Waals surface area contributed by atoms with Crippen molar-refractivity contribution in [1.82, 2.24) is 14.7 Å². The molecule has 0 N–H and O–H groups in total. The normalized spacial score (nSPS) is 21.6. The van der Waals surface area contributed by atoms with Gasteiger partial charge in [0.15, 0.2) is 0 Å². The lowest BCUT2D eigenvalue weighted by atomic mass is 9.95. The quantitative estimate of drug-likeness (QED) is 0.853. The maximum absolute atomic E-state index is 13.0. The average molecular weight is 315 g/mol. The van der Waals surface area contributed by atoms with Gasteiger partial charge in [-0.3, -0.25) is 9.48 Å². The summed E-state index contributed by atoms with van der Waals surface area (Å²) in [5.41, 5.74) is 2.31. The number of fused-ring (bicyclic) bond motifs is 1. The molecule has 1 saturated heterocycles. The van der Waals surface area contributed by atoms with E-state index in [1.165, 1.54) is 23.3 Å². The van der Waals surface area contributed by atoms with Gasteiger partial charge in [0.25, 0.3) is 5.91 Å². The molecule has 116 valence electrons. The number of nitrogens with zero attached hydrogens (tertiary/aromatic N) is 3. The van der Waals surface area contributed by atoms with Gasteiger partial charge in [-0.2, -0.15) is 5.10 Å². The SMILES string of the molecule is O=C(c1csc2c1CCCC2)N1CCC[C@@H](n2cccn2)C1. The predicted octanol–water partition coefficient (Wildman–Crippen LogP) is 3.30. The summed E-state index contributed by atoms with van der Waals surface area (Å²) in [6, 6.07) is 2.28. The monoisotopic (exact) mass is 315 g/mol. The molecule has 4 rings (SSSR count). The van der Waals surface area contributed by atoms with E-state index in [0.717, 1.165) is 44.3 Å². The Morgan fingerprint density at radius 2 is 2.18 bits per heavy atom. The molecule has 4 nitrogen and oxygen atoms in total. The number of aryl methyl sites for hydroxylation is 1. The Balaban J connectivity index is 1.54. The molecule has 1 atom stereocenters. The van der Waals surface area contributed by atoms with Crippen molar-refractivity contribution in [2.24, 2.45) is 0 Å². The van der Waals surface area contributed by atoms with Crippen LogP contribution in [-0.4, -0.2) is 33.7 Å². The molecule has 1 aliphatic carbocycles. The summed E-state index contributed by atoms with van der Waals surface area (Å²) in [6.07, 6.45) is 10.7. The van der Waals surface area contributed by atoms with Crippen LogP contribution < -0.4 is 0 Å². The van der Waals surface area contributed by atoms with E-state index in [0.29, 0.717) is 6.04 Å². The van der Waals surface area contributed by atoms with Crippen molar-refractivity contribution >= 4 is 17.2 Å². The van der Waals surface area contributed by atoms with Gasteiger partial charge in [0.05, 0.1) is 11.6 Å². The Kier molecular flexibility index (Phi) is 3.74. The molecule has 5 heteroatoms. The van der Waals surface area contributed by atoms with E-state index in [1.54, 1.807) is 11.3 Å². The van der Waals surface area contributed by atoms with Crippen LogP contribution in [0.5, 0.6) is 0 Å². The van der Waals surface area contributed by atoms with Gasteiger partial charge in [-0.05, 0) is 50.2 Å². The van der Waals surface area contributed by atoms with Crippen LogP contribution in [-0.2, 0) is 12.8 Å². The van der Waals surface area contributed by atoms with Gasteiger partial charge in [-0.25, -0.2) is 0 Å². The third-order valence-corrected chi connectivity index (χ3v) is 5.96. The molecule has 1 fully saturated rings. The van der Waals surface area contributed by atoms with E-state index in [-0.39, 0.29) is 5.91 Å². The van der Waals surface area contributed by atoms with E-state index in [9.17, 15) is 4.79 Å². The maximum atomic E-state index is 13.0.